The van der Waals surface area contributed by atoms with Gasteiger partial charge in [0.25, 0.3) is 0 Å². The first-order valence-corrected chi connectivity index (χ1v) is 12.8. The van der Waals surface area contributed by atoms with Crippen molar-refractivity contribution in [3.8, 4) is 0 Å². The van der Waals surface area contributed by atoms with Gasteiger partial charge in [-0.1, -0.05) is 41.5 Å². The molecule has 4 aliphatic carbocycles. The van der Waals surface area contributed by atoms with Gasteiger partial charge in [0.1, 0.15) is 0 Å². The highest BCUT2D eigenvalue weighted by atomic mass is 16.3. The van der Waals surface area contributed by atoms with Gasteiger partial charge in [-0.3, -0.25) is 0 Å². The standard InChI is InChI=1S/C27H48O2/c1-17(9-12-25(2,3)4)20-7-8-21-24-22(11-14-27(20,21)6)26(5)13-10-19(28)15-18(26)16-23(24)29/h17-24,28-29H,7-16H2,1-6H3/t17-,18+,19-,20?,21?,22?,23-,24?,26+,27-/m1/s1. The van der Waals surface area contributed by atoms with Gasteiger partial charge in [0, 0.05) is 0 Å². The summed E-state index contributed by atoms with van der Waals surface area (Å²) >= 11 is 0. The summed E-state index contributed by atoms with van der Waals surface area (Å²) in [4.78, 5) is 0. The van der Waals surface area contributed by atoms with Crippen molar-refractivity contribution in [3.05, 3.63) is 0 Å². The van der Waals surface area contributed by atoms with E-state index in [9.17, 15) is 10.2 Å². The molecular formula is C27H48O2. The molecule has 4 unspecified atom stereocenters. The minimum absolute atomic E-state index is 0.134. The van der Waals surface area contributed by atoms with Gasteiger partial charge in [-0.05, 0) is 116 Å². The van der Waals surface area contributed by atoms with E-state index in [1.165, 1.54) is 44.9 Å². The lowest BCUT2D eigenvalue weighted by atomic mass is 9.43. The number of aliphatic hydroxyl groups excluding tert-OH is 2. The van der Waals surface area contributed by atoms with E-state index in [0.29, 0.717) is 39.9 Å². The quantitative estimate of drug-likeness (QED) is 0.568. The van der Waals surface area contributed by atoms with Crippen molar-refractivity contribution < 1.29 is 10.2 Å². The smallest absolute Gasteiger partial charge is 0.0577 e. The van der Waals surface area contributed by atoms with Crippen LogP contribution in [0.15, 0.2) is 0 Å². The minimum Gasteiger partial charge on any atom is -0.393 e. The van der Waals surface area contributed by atoms with Crippen molar-refractivity contribution in [2.45, 2.75) is 118 Å². The van der Waals surface area contributed by atoms with Crippen molar-refractivity contribution in [2.24, 2.45) is 51.8 Å². The van der Waals surface area contributed by atoms with Gasteiger partial charge in [0.05, 0.1) is 12.2 Å². The average molecular weight is 405 g/mol. The highest BCUT2D eigenvalue weighted by molar-refractivity contribution is 5.11. The Morgan fingerprint density at radius 3 is 2.24 bits per heavy atom. The Bertz CT molecular complexity index is 594. The van der Waals surface area contributed by atoms with Crippen LogP contribution in [0.5, 0.6) is 0 Å². The van der Waals surface area contributed by atoms with Gasteiger partial charge in [-0.25, -0.2) is 0 Å². The Morgan fingerprint density at radius 2 is 1.55 bits per heavy atom. The molecule has 29 heavy (non-hydrogen) atoms. The molecule has 4 saturated carbocycles. The van der Waals surface area contributed by atoms with Gasteiger partial charge in [0.15, 0.2) is 0 Å². The summed E-state index contributed by atoms with van der Waals surface area (Å²) in [7, 11) is 0. The molecule has 0 heterocycles. The summed E-state index contributed by atoms with van der Waals surface area (Å²) in [6.07, 6.45) is 11.8. The predicted molar refractivity (Wildman–Crippen MR) is 120 cm³/mol. The lowest BCUT2D eigenvalue weighted by Crippen LogP contribution is -2.58. The molecule has 2 N–H and O–H groups in total. The first kappa shape index (κ1) is 22.1. The molecule has 0 radical (unpaired) electrons. The normalized spacial score (nSPS) is 51.1. The summed E-state index contributed by atoms with van der Waals surface area (Å²) < 4.78 is 0. The van der Waals surface area contributed by atoms with Gasteiger partial charge in [-0.2, -0.15) is 0 Å². The molecule has 2 heteroatoms. The van der Waals surface area contributed by atoms with Crippen LogP contribution in [-0.2, 0) is 0 Å². The van der Waals surface area contributed by atoms with Crippen LogP contribution in [-0.4, -0.2) is 22.4 Å². The Labute approximate surface area is 180 Å². The van der Waals surface area contributed by atoms with Crippen LogP contribution in [0.2, 0.25) is 0 Å². The van der Waals surface area contributed by atoms with E-state index in [1.54, 1.807) is 0 Å². The Hall–Kier alpha value is -0.0800. The van der Waals surface area contributed by atoms with E-state index in [4.69, 9.17) is 0 Å². The Kier molecular flexibility index (Phi) is 5.73. The van der Waals surface area contributed by atoms with Crippen LogP contribution in [0.1, 0.15) is 106 Å². The lowest BCUT2D eigenvalue weighted by molar-refractivity contribution is -0.174. The van der Waals surface area contributed by atoms with Gasteiger partial charge in [0.2, 0.25) is 0 Å². The van der Waals surface area contributed by atoms with Crippen LogP contribution in [0.3, 0.4) is 0 Å². The molecule has 0 saturated heterocycles. The fourth-order valence-corrected chi connectivity index (χ4v) is 9.04. The maximum Gasteiger partial charge on any atom is 0.0577 e. The highest BCUT2D eigenvalue weighted by Gasteiger charge is 2.62. The maximum atomic E-state index is 11.4. The maximum absolute atomic E-state index is 11.4. The number of aliphatic hydroxyl groups is 2. The van der Waals surface area contributed by atoms with Crippen LogP contribution >= 0.6 is 0 Å². The molecule has 0 spiro atoms. The molecule has 0 amide bonds. The van der Waals surface area contributed by atoms with Crippen LogP contribution in [0.25, 0.3) is 0 Å². The van der Waals surface area contributed by atoms with Crippen LogP contribution in [0.4, 0.5) is 0 Å². The summed E-state index contributed by atoms with van der Waals surface area (Å²) in [5.74, 6) is 4.05. The molecule has 0 bridgehead atoms. The fourth-order valence-electron chi connectivity index (χ4n) is 9.04. The monoisotopic (exact) mass is 404 g/mol. The fraction of sp³-hybridized carbons (Fsp3) is 1.00. The van der Waals surface area contributed by atoms with E-state index < -0.39 is 0 Å². The molecule has 10 atom stereocenters. The third-order valence-corrected chi connectivity index (χ3v) is 10.8. The summed E-state index contributed by atoms with van der Waals surface area (Å²) in [5.41, 5.74) is 1.21. The topological polar surface area (TPSA) is 40.5 Å². The minimum atomic E-state index is -0.142. The second-order valence-electron chi connectivity index (χ2n) is 13.5. The van der Waals surface area contributed by atoms with Crippen molar-refractivity contribution in [1.29, 1.82) is 0 Å². The summed E-state index contributed by atoms with van der Waals surface area (Å²) in [5, 5.41) is 21.6. The molecule has 0 aromatic rings. The Balaban J connectivity index is 1.53. The van der Waals surface area contributed by atoms with E-state index in [-0.39, 0.29) is 12.2 Å². The van der Waals surface area contributed by atoms with E-state index >= 15 is 0 Å². The van der Waals surface area contributed by atoms with E-state index in [0.717, 1.165) is 31.1 Å². The summed E-state index contributed by atoms with van der Waals surface area (Å²) in [6, 6.07) is 0. The molecule has 0 aromatic heterocycles. The van der Waals surface area contributed by atoms with E-state index in [1.807, 2.05) is 0 Å². The molecular weight excluding hydrogens is 356 g/mol. The SMILES string of the molecule is C[C@H](CCC(C)(C)C)C1CCC2C3C(CC[C@@]21C)[C@@]1(C)CC[C@@H](O)C[C@H]1C[C@H]3O. The van der Waals surface area contributed by atoms with Crippen LogP contribution in [0, 0.1) is 51.8 Å². The lowest BCUT2D eigenvalue weighted by Gasteiger charge is -2.62. The van der Waals surface area contributed by atoms with Crippen molar-refractivity contribution >= 4 is 0 Å². The van der Waals surface area contributed by atoms with Gasteiger partial charge >= 0.3 is 0 Å². The van der Waals surface area contributed by atoms with Crippen molar-refractivity contribution in [1.82, 2.24) is 0 Å². The van der Waals surface area contributed by atoms with Gasteiger partial charge in [-0.15, -0.1) is 0 Å². The molecule has 0 aliphatic heterocycles. The zero-order valence-electron chi connectivity index (χ0n) is 20.1. The largest absolute Gasteiger partial charge is 0.393 e. The van der Waals surface area contributed by atoms with Crippen molar-refractivity contribution in [2.75, 3.05) is 0 Å². The molecule has 4 fully saturated rings. The molecule has 4 rings (SSSR count). The van der Waals surface area contributed by atoms with Crippen LogP contribution < -0.4 is 0 Å². The zero-order chi connectivity index (χ0) is 21.2. The average Bonchev–Trinajstić information content (AvgIpc) is 2.98. The molecule has 4 aliphatic rings. The molecule has 2 nitrogen and oxygen atoms in total. The van der Waals surface area contributed by atoms with E-state index in [2.05, 4.69) is 41.5 Å². The van der Waals surface area contributed by atoms with Crippen molar-refractivity contribution in [3.63, 3.8) is 0 Å². The second-order valence-corrected chi connectivity index (χ2v) is 13.5. The number of hydrogen-bond donors (Lipinski definition) is 2. The first-order chi connectivity index (χ1) is 13.5. The first-order valence-electron chi connectivity index (χ1n) is 12.8. The predicted octanol–water partition coefficient (Wildman–Crippen LogP) is 6.44. The number of fused-ring (bicyclic) bond motifs is 5. The third kappa shape index (κ3) is 3.73. The number of hydrogen-bond acceptors (Lipinski definition) is 2. The Morgan fingerprint density at radius 1 is 0.897 bits per heavy atom. The third-order valence-electron chi connectivity index (χ3n) is 10.8. The number of rotatable bonds is 3. The highest BCUT2D eigenvalue weighted by Crippen LogP contribution is 2.68. The zero-order valence-corrected chi connectivity index (χ0v) is 20.1. The summed E-state index contributed by atoms with van der Waals surface area (Å²) in [6.45, 7) is 14.8. The second kappa shape index (κ2) is 7.51. The van der Waals surface area contributed by atoms with Gasteiger partial charge < -0.3 is 10.2 Å². The molecule has 168 valence electrons. The molecule has 0 aromatic carbocycles.